The fourth-order valence-corrected chi connectivity index (χ4v) is 3.61. The number of nitrogens with zero attached hydrogens (tertiary/aromatic N) is 2. The van der Waals surface area contributed by atoms with Crippen LogP contribution in [0.3, 0.4) is 0 Å². The van der Waals surface area contributed by atoms with Crippen LogP contribution in [-0.2, 0) is 16.1 Å². The highest BCUT2D eigenvalue weighted by Crippen LogP contribution is 2.31. The smallest absolute Gasteiger partial charge is 0.269 e. The summed E-state index contributed by atoms with van der Waals surface area (Å²) < 4.78 is 13.3. The number of amides is 2. The largest absolute Gasteiger partial charge is 0.485 e. The molecule has 0 fully saturated rings. The Morgan fingerprint density at radius 3 is 2.63 bits per heavy atom. The number of nitrogens with one attached hydrogen (secondary N) is 1. The summed E-state index contributed by atoms with van der Waals surface area (Å²) in [5, 5.41) is 3.84. The summed E-state index contributed by atoms with van der Waals surface area (Å²) in [5.41, 5.74) is 1.61. The summed E-state index contributed by atoms with van der Waals surface area (Å²) >= 11 is 0. The molecule has 1 aromatic heterocycles. The summed E-state index contributed by atoms with van der Waals surface area (Å²) in [5.74, 6) is 1.03. The van der Waals surface area contributed by atoms with Crippen LogP contribution >= 0.6 is 0 Å². The number of carbonyl (C=O) groups excluding carboxylic acids is 2. The van der Waals surface area contributed by atoms with E-state index in [9.17, 15) is 9.59 Å². The molecule has 4 rings (SSSR count). The molecule has 0 radical (unpaired) electrons. The van der Waals surface area contributed by atoms with Gasteiger partial charge in [0.2, 0.25) is 12.0 Å². The monoisotopic (exact) mass is 407 g/mol. The number of para-hydroxylation sites is 2. The molecule has 7 nitrogen and oxygen atoms in total. The predicted molar refractivity (Wildman–Crippen MR) is 115 cm³/mol. The molecule has 1 aliphatic heterocycles. The third-order valence-corrected chi connectivity index (χ3v) is 5.26. The second-order valence-electron chi connectivity index (χ2n) is 7.14. The van der Waals surface area contributed by atoms with Gasteiger partial charge in [0.15, 0.2) is 11.5 Å². The van der Waals surface area contributed by atoms with Gasteiger partial charge in [0.25, 0.3) is 5.91 Å². The molecule has 30 heavy (non-hydrogen) atoms. The van der Waals surface area contributed by atoms with Crippen LogP contribution in [0, 0.1) is 0 Å². The van der Waals surface area contributed by atoms with Crippen LogP contribution in [0.4, 0.5) is 5.69 Å². The fourth-order valence-electron chi connectivity index (χ4n) is 3.61. The zero-order valence-corrected chi connectivity index (χ0v) is 17.1. The first-order chi connectivity index (χ1) is 14.6. The summed E-state index contributed by atoms with van der Waals surface area (Å²) in [6.07, 6.45) is 1.18. The molecule has 1 unspecified atom stereocenters. The molecule has 1 atom stereocenters. The normalized spacial score (nSPS) is 15.1. The minimum atomic E-state index is -0.716. The Morgan fingerprint density at radius 2 is 1.87 bits per heavy atom. The first-order valence-corrected chi connectivity index (χ1v) is 10.1. The zero-order chi connectivity index (χ0) is 21.1. The van der Waals surface area contributed by atoms with Crippen molar-refractivity contribution in [2.75, 3.05) is 25.0 Å². The Kier molecular flexibility index (Phi) is 5.61. The van der Waals surface area contributed by atoms with Crippen LogP contribution in [-0.4, -0.2) is 47.1 Å². The Labute approximate surface area is 175 Å². The highest BCUT2D eigenvalue weighted by Gasteiger charge is 2.27. The maximum absolute atomic E-state index is 12.6. The van der Waals surface area contributed by atoms with Crippen LogP contribution < -0.4 is 14.8 Å². The van der Waals surface area contributed by atoms with E-state index in [1.54, 1.807) is 6.07 Å². The number of benzene rings is 2. The van der Waals surface area contributed by atoms with Gasteiger partial charge in [-0.15, -0.1) is 0 Å². The van der Waals surface area contributed by atoms with Gasteiger partial charge in [-0.1, -0.05) is 12.1 Å². The molecule has 1 aliphatic rings. The molecule has 3 aromatic rings. The van der Waals surface area contributed by atoms with Crippen molar-refractivity contribution in [3.8, 4) is 11.5 Å². The van der Waals surface area contributed by atoms with Crippen molar-refractivity contribution in [2.24, 2.45) is 0 Å². The van der Waals surface area contributed by atoms with E-state index in [0.29, 0.717) is 36.8 Å². The van der Waals surface area contributed by atoms with Crippen molar-refractivity contribution in [1.82, 2.24) is 9.47 Å². The van der Waals surface area contributed by atoms with Crippen LogP contribution in [0.2, 0.25) is 0 Å². The zero-order valence-electron chi connectivity index (χ0n) is 17.1. The quantitative estimate of drug-likeness (QED) is 0.681. The van der Waals surface area contributed by atoms with Crippen molar-refractivity contribution >= 4 is 28.4 Å². The first-order valence-electron chi connectivity index (χ1n) is 10.1. The number of ether oxygens (including phenoxy) is 2. The Hall–Kier alpha value is -3.48. The molecule has 0 aliphatic carbocycles. The number of anilines is 1. The number of carbonyl (C=O) groups is 2. The lowest BCUT2D eigenvalue weighted by atomic mass is 10.2. The predicted octanol–water partition coefficient (Wildman–Crippen LogP) is 3.29. The topological polar surface area (TPSA) is 72.8 Å². The third-order valence-electron chi connectivity index (χ3n) is 5.26. The molecule has 2 amide bonds. The average molecular weight is 407 g/mol. The maximum Gasteiger partial charge on any atom is 0.269 e. The van der Waals surface area contributed by atoms with E-state index in [-0.39, 0.29) is 18.4 Å². The van der Waals surface area contributed by atoms with Crippen LogP contribution in [0.25, 0.3) is 10.9 Å². The maximum atomic E-state index is 12.6. The van der Waals surface area contributed by atoms with Gasteiger partial charge in [0.05, 0.1) is 0 Å². The molecule has 0 saturated carbocycles. The molecule has 7 heteroatoms. The van der Waals surface area contributed by atoms with E-state index in [0.717, 1.165) is 10.9 Å². The van der Waals surface area contributed by atoms with Crippen molar-refractivity contribution < 1.29 is 19.1 Å². The molecule has 0 saturated heterocycles. The van der Waals surface area contributed by atoms with Gasteiger partial charge >= 0.3 is 0 Å². The molecule has 156 valence electrons. The second kappa shape index (κ2) is 8.49. The minimum absolute atomic E-state index is 0.0876. The van der Waals surface area contributed by atoms with Crippen LogP contribution in [0.15, 0.2) is 54.7 Å². The van der Waals surface area contributed by atoms with Gasteiger partial charge in [-0.25, -0.2) is 0 Å². The summed E-state index contributed by atoms with van der Waals surface area (Å²) in [4.78, 5) is 26.9. The standard InChI is InChI=1S/C23H25N3O4/c1-3-25(4-2)22(27)14-26-12-11-16-13-17(9-10-18(16)26)24-23(28)21-15-29-19-7-5-6-8-20(19)30-21/h5-13,21H,3-4,14-15H2,1-2H3,(H,24,28). The van der Waals surface area contributed by atoms with Gasteiger partial charge < -0.3 is 24.3 Å². The van der Waals surface area contributed by atoms with Crippen LogP contribution in [0.5, 0.6) is 11.5 Å². The number of hydrogen-bond acceptors (Lipinski definition) is 4. The molecule has 0 bridgehead atoms. The minimum Gasteiger partial charge on any atom is -0.485 e. The van der Waals surface area contributed by atoms with Crippen LogP contribution in [0.1, 0.15) is 13.8 Å². The van der Waals surface area contributed by atoms with Crippen molar-refractivity contribution in [3.05, 3.63) is 54.7 Å². The highest BCUT2D eigenvalue weighted by atomic mass is 16.6. The van der Waals surface area contributed by atoms with E-state index in [2.05, 4.69) is 5.32 Å². The van der Waals surface area contributed by atoms with E-state index < -0.39 is 6.10 Å². The molecular weight excluding hydrogens is 382 g/mol. The highest BCUT2D eigenvalue weighted by molar-refractivity contribution is 5.97. The number of aromatic nitrogens is 1. The summed E-state index contributed by atoms with van der Waals surface area (Å²) in [6, 6.07) is 14.9. The lowest BCUT2D eigenvalue weighted by molar-refractivity contribution is -0.131. The van der Waals surface area contributed by atoms with Crippen molar-refractivity contribution in [2.45, 2.75) is 26.5 Å². The number of fused-ring (bicyclic) bond motifs is 2. The van der Waals surface area contributed by atoms with Gasteiger partial charge in [0.1, 0.15) is 13.2 Å². The molecular formula is C23H25N3O4. The lowest BCUT2D eigenvalue weighted by Gasteiger charge is -2.25. The summed E-state index contributed by atoms with van der Waals surface area (Å²) in [7, 11) is 0. The average Bonchev–Trinajstić information content (AvgIpc) is 3.16. The first kappa shape index (κ1) is 19.8. The lowest BCUT2D eigenvalue weighted by Crippen LogP contribution is -2.40. The van der Waals surface area contributed by atoms with E-state index in [4.69, 9.17) is 9.47 Å². The molecule has 2 heterocycles. The van der Waals surface area contributed by atoms with Crippen molar-refractivity contribution in [3.63, 3.8) is 0 Å². The van der Waals surface area contributed by atoms with Gasteiger partial charge in [0, 0.05) is 35.9 Å². The number of hydrogen-bond donors (Lipinski definition) is 1. The third kappa shape index (κ3) is 3.96. The van der Waals surface area contributed by atoms with Gasteiger partial charge in [-0.2, -0.15) is 0 Å². The Balaban J connectivity index is 1.44. The van der Waals surface area contributed by atoms with E-state index in [1.165, 1.54) is 0 Å². The molecule has 0 spiro atoms. The fraction of sp³-hybridized carbons (Fsp3) is 0.304. The molecule has 1 N–H and O–H groups in total. The Morgan fingerprint density at radius 1 is 1.10 bits per heavy atom. The SMILES string of the molecule is CCN(CC)C(=O)Cn1ccc2cc(NC(=O)C3COc4ccccc4O3)ccc21. The van der Waals surface area contributed by atoms with Gasteiger partial charge in [-0.3, -0.25) is 9.59 Å². The second-order valence-corrected chi connectivity index (χ2v) is 7.14. The number of likely N-dealkylation sites (N-methyl/N-ethyl adjacent to an activating group) is 1. The Bertz CT molecular complexity index is 1070. The van der Waals surface area contributed by atoms with E-state index in [1.807, 2.05) is 72.0 Å². The van der Waals surface area contributed by atoms with E-state index >= 15 is 0 Å². The number of rotatable bonds is 6. The summed E-state index contributed by atoms with van der Waals surface area (Å²) in [6.45, 7) is 5.80. The van der Waals surface area contributed by atoms with Crippen molar-refractivity contribution in [1.29, 1.82) is 0 Å². The molecule has 2 aromatic carbocycles. The van der Waals surface area contributed by atoms with Gasteiger partial charge in [-0.05, 0) is 50.2 Å².